The molecule has 4 rings (SSSR count). The van der Waals surface area contributed by atoms with Crippen LogP contribution in [-0.4, -0.2) is 49.2 Å². The zero-order chi connectivity index (χ0) is 23.4. The van der Waals surface area contributed by atoms with Gasteiger partial charge in [-0.25, -0.2) is 13.4 Å². The van der Waals surface area contributed by atoms with E-state index < -0.39 is 9.84 Å². The second kappa shape index (κ2) is 9.74. The van der Waals surface area contributed by atoms with Crippen LogP contribution in [0.5, 0.6) is 0 Å². The van der Waals surface area contributed by atoms with Crippen LogP contribution in [0.2, 0.25) is 0 Å². The Morgan fingerprint density at radius 2 is 1.82 bits per heavy atom. The highest BCUT2D eigenvalue weighted by molar-refractivity contribution is 7.91. The highest BCUT2D eigenvalue weighted by atomic mass is 32.2. The van der Waals surface area contributed by atoms with Crippen molar-refractivity contribution in [3.8, 4) is 0 Å². The van der Waals surface area contributed by atoms with Crippen molar-refractivity contribution in [2.45, 2.75) is 43.5 Å². The Hall–Kier alpha value is -3.20. The van der Waals surface area contributed by atoms with Crippen LogP contribution in [0.1, 0.15) is 32.0 Å². The molecular weight excluding hydrogens is 440 g/mol. The zero-order valence-electron chi connectivity index (χ0n) is 18.6. The fraction of sp³-hybridized carbons (Fsp3) is 0.375. The SMILES string of the molecule is CCS(=O)(=O)c1ccc(N2CCC(NC(=O)CCc3nc4ccccc4c(=O)[nH]3)CC2)cc1. The summed E-state index contributed by atoms with van der Waals surface area (Å²) >= 11 is 0. The smallest absolute Gasteiger partial charge is 0.258 e. The number of rotatable bonds is 7. The van der Waals surface area contributed by atoms with E-state index in [0.29, 0.717) is 28.0 Å². The molecule has 33 heavy (non-hydrogen) atoms. The predicted molar refractivity (Wildman–Crippen MR) is 128 cm³/mol. The van der Waals surface area contributed by atoms with Gasteiger partial charge < -0.3 is 15.2 Å². The van der Waals surface area contributed by atoms with E-state index in [1.165, 1.54) is 0 Å². The molecule has 0 unspecified atom stereocenters. The number of anilines is 1. The van der Waals surface area contributed by atoms with Gasteiger partial charge in [-0.15, -0.1) is 0 Å². The number of H-pyrrole nitrogens is 1. The summed E-state index contributed by atoms with van der Waals surface area (Å²) in [6, 6.07) is 14.3. The molecular formula is C24H28N4O4S. The molecule has 2 aromatic carbocycles. The number of aromatic amines is 1. The number of para-hydroxylation sites is 1. The molecule has 0 aliphatic carbocycles. The molecule has 3 aromatic rings. The molecule has 2 N–H and O–H groups in total. The lowest BCUT2D eigenvalue weighted by Gasteiger charge is -2.34. The minimum absolute atomic E-state index is 0.0571. The zero-order valence-corrected chi connectivity index (χ0v) is 19.4. The molecule has 1 aliphatic heterocycles. The summed E-state index contributed by atoms with van der Waals surface area (Å²) in [4.78, 5) is 34.4. The maximum Gasteiger partial charge on any atom is 0.258 e. The normalized spacial score (nSPS) is 15.0. The molecule has 0 saturated carbocycles. The van der Waals surface area contributed by atoms with Crippen molar-refractivity contribution in [2.75, 3.05) is 23.7 Å². The lowest BCUT2D eigenvalue weighted by atomic mass is 10.0. The summed E-state index contributed by atoms with van der Waals surface area (Å²) in [5.74, 6) is 0.542. The van der Waals surface area contributed by atoms with Gasteiger partial charge in [-0.3, -0.25) is 9.59 Å². The number of aryl methyl sites for hydroxylation is 1. The van der Waals surface area contributed by atoms with E-state index in [1.807, 2.05) is 18.2 Å². The Morgan fingerprint density at radius 3 is 2.52 bits per heavy atom. The Bertz CT molecular complexity index is 1290. The molecule has 0 atom stereocenters. The number of amides is 1. The first-order valence-corrected chi connectivity index (χ1v) is 12.9. The number of piperidine rings is 1. The number of hydrogen-bond acceptors (Lipinski definition) is 6. The number of carbonyl (C=O) groups excluding carboxylic acids is 1. The average molecular weight is 469 g/mol. The number of benzene rings is 2. The molecule has 174 valence electrons. The summed E-state index contributed by atoms with van der Waals surface area (Å²) in [7, 11) is -3.20. The molecule has 1 aliphatic rings. The van der Waals surface area contributed by atoms with E-state index >= 15 is 0 Å². The van der Waals surface area contributed by atoms with E-state index in [9.17, 15) is 18.0 Å². The van der Waals surface area contributed by atoms with Gasteiger partial charge in [-0.1, -0.05) is 19.1 Å². The maximum absolute atomic E-state index is 12.4. The van der Waals surface area contributed by atoms with Crippen molar-refractivity contribution in [1.82, 2.24) is 15.3 Å². The standard InChI is InChI=1S/C24H28N4O4S/c1-2-33(31,32)19-9-7-18(8-10-19)28-15-13-17(14-16-28)25-23(29)12-11-22-26-21-6-4-3-5-20(21)24(30)27-22/h3-10,17H,2,11-16H2,1H3,(H,25,29)(H,26,27,30). The lowest BCUT2D eigenvalue weighted by Crippen LogP contribution is -2.44. The Labute approximate surface area is 193 Å². The van der Waals surface area contributed by atoms with Crippen LogP contribution in [0.3, 0.4) is 0 Å². The second-order valence-corrected chi connectivity index (χ2v) is 10.5. The number of fused-ring (bicyclic) bond motifs is 1. The highest BCUT2D eigenvalue weighted by Gasteiger charge is 2.21. The number of nitrogens with zero attached hydrogens (tertiary/aromatic N) is 2. The van der Waals surface area contributed by atoms with E-state index in [-0.39, 0.29) is 29.7 Å². The molecule has 1 fully saturated rings. The Balaban J connectivity index is 1.27. The molecule has 9 heteroatoms. The van der Waals surface area contributed by atoms with E-state index in [4.69, 9.17) is 0 Å². The van der Waals surface area contributed by atoms with Crippen molar-refractivity contribution < 1.29 is 13.2 Å². The fourth-order valence-corrected chi connectivity index (χ4v) is 4.98. The van der Waals surface area contributed by atoms with Crippen LogP contribution in [0.25, 0.3) is 10.9 Å². The van der Waals surface area contributed by atoms with Gasteiger partial charge in [0.15, 0.2) is 9.84 Å². The first-order chi connectivity index (χ1) is 15.9. The van der Waals surface area contributed by atoms with Gasteiger partial charge in [0.25, 0.3) is 5.56 Å². The summed E-state index contributed by atoms with van der Waals surface area (Å²) in [6.07, 6.45) is 2.25. The summed E-state index contributed by atoms with van der Waals surface area (Å²) in [6.45, 7) is 3.20. The number of aromatic nitrogens is 2. The number of nitrogens with one attached hydrogen (secondary N) is 2. The maximum atomic E-state index is 12.4. The minimum atomic E-state index is -3.20. The predicted octanol–water partition coefficient (Wildman–Crippen LogP) is 2.43. The molecule has 1 saturated heterocycles. The lowest BCUT2D eigenvalue weighted by molar-refractivity contribution is -0.121. The van der Waals surface area contributed by atoms with E-state index in [2.05, 4.69) is 20.2 Å². The quantitative estimate of drug-likeness (QED) is 0.551. The molecule has 1 aromatic heterocycles. The summed E-state index contributed by atoms with van der Waals surface area (Å²) in [5.41, 5.74) is 1.43. The summed E-state index contributed by atoms with van der Waals surface area (Å²) in [5, 5.41) is 3.63. The van der Waals surface area contributed by atoms with Gasteiger partial charge in [0.2, 0.25) is 5.91 Å². The Kier molecular flexibility index (Phi) is 6.78. The fourth-order valence-electron chi connectivity index (χ4n) is 4.10. The van der Waals surface area contributed by atoms with E-state index in [0.717, 1.165) is 31.6 Å². The third kappa shape index (κ3) is 5.42. The van der Waals surface area contributed by atoms with Crippen molar-refractivity contribution in [3.05, 3.63) is 64.7 Å². The number of carbonyl (C=O) groups is 1. The first kappa shape index (κ1) is 23.0. The third-order valence-electron chi connectivity index (χ3n) is 6.05. The van der Waals surface area contributed by atoms with Crippen molar-refractivity contribution >= 4 is 32.3 Å². The van der Waals surface area contributed by atoms with Crippen LogP contribution in [0.15, 0.2) is 58.2 Å². The van der Waals surface area contributed by atoms with Gasteiger partial charge >= 0.3 is 0 Å². The molecule has 0 bridgehead atoms. The van der Waals surface area contributed by atoms with Crippen LogP contribution >= 0.6 is 0 Å². The van der Waals surface area contributed by atoms with Crippen molar-refractivity contribution in [1.29, 1.82) is 0 Å². The molecule has 0 spiro atoms. The first-order valence-electron chi connectivity index (χ1n) is 11.2. The topological polar surface area (TPSA) is 112 Å². The van der Waals surface area contributed by atoms with Crippen molar-refractivity contribution in [2.24, 2.45) is 0 Å². The van der Waals surface area contributed by atoms with E-state index in [1.54, 1.807) is 37.3 Å². The highest BCUT2D eigenvalue weighted by Crippen LogP contribution is 2.22. The minimum Gasteiger partial charge on any atom is -0.371 e. The molecule has 8 nitrogen and oxygen atoms in total. The van der Waals surface area contributed by atoms with Gasteiger partial charge in [-0.2, -0.15) is 0 Å². The summed E-state index contributed by atoms with van der Waals surface area (Å²) < 4.78 is 24.0. The van der Waals surface area contributed by atoms with Gasteiger partial charge in [0.05, 0.1) is 21.6 Å². The van der Waals surface area contributed by atoms with Crippen LogP contribution in [0.4, 0.5) is 5.69 Å². The molecule has 0 radical (unpaired) electrons. The molecule has 2 heterocycles. The van der Waals surface area contributed by atoms with Gasteiger partial charge in [-0.05, 0) is 49.2 Å². The Morgan fingerprint density at radius 1 is 1.12 bits per heavy atom. The second-order valence-electron chi connectivity index (χ2n) is 8.26. The van der Waals surface area contributed by atoms with Crippen LogP contribution in [-0.2, 0) is 21.1 Å². The van der Waals surface area contributed by atoms with Crippen LogP contribution in [0, 0.1) is 0 Å². The van der Waals surface area contributed by atoms with Gasteiger partial charge in [0.1, 0.15) is 5.82 Å². The van der Waals surface area contributed by atoms with Crippen LogP contribution < -0.4 is 15.8 Å². The van der Waals surface area contributed by atoms with Crippen molar-refractivity contribution in [3.63, 3.8) is 0 Å². The monoisotopic (exact) mass is 468 g/mol. The largest absolute Gasteiger partial charge is 0.371 e. The average Bonchev–Trinajstić information content (AvgIpc) is 2.83. The number of hydrogen-bond donors (Lipinski definition) is 2. The molecule has 1 amide bonds. The third-order valence-corrected chi connectivity index (χ3v) is 7.80. The number of sulfone groups is 1. The van der Waals surface area contributed by atoms with Gasteiger partial charge in [0, 0.05) is 37.7 Å².